The minimum atomic E-state index is 0.0484. The van der Waals surface area contributed by atoms with Crippen molar-refractivity contribution in [3.8, 4) is 0 Å². The molecule has 0 spiro atoms. The molecule has 2 aromatic rings. The maximum atomic E-state index is 12.4. The number of nitrogens with one attached hydrogen (secondary N) is 1. The fourth-order valence-corrected chi connectivity index (χ4v) is 2.34. The van der Waals surface area contributed by atoms with E-state index in [2.05, 4.69) is 5.32 Å². The van der Waals surface area contributed by atoms with E-state index < -0.39 is 0 Å². The number of rotatable bonds is 5. The molecule has 2 heteroatoms. The smallest absolute Gasteiger partial charge is 0.184 e. The summed E-state index contributed by atoms with van der Waals surface area (Å²) in [5, 5.41) is 3.34. The van der Waals surface area contributed by atoms with Crippen LogP contribution in [0.2, 0.25) is 0 Å². The summed E-state index contributed by atoms with van der Waals surface area (Å²) in [4.78, 5) is 12.4. The Morgan fingerprint density at radius 1 is 0.955 bits per heavy atom. The van der Waals surface area contributed by atoms with Crippen molar-refractivity contribution in [1.82, 2.24) is 0 Å². The first-order valence-corrected chi connectivity index (χ1v) is 7.32. The summed E-state index contributed by atoms with van der Waals surface area (Å²) in [5.41, 5.74) is 3.59. The quantitative estimate of drug-likeness (QED) is 0.815. The third-order valence-electron chi connectivity index (χ3n) is 3.50. The van der Waals surface area contributed by atoms with Crippen molar-refractivity contribution in [2.24, 2.45) is 0 Å². The maximum Gasteiger partial charge on any atom is 0.184 e. The van der Waals surface area contributed by atoms with Gasteiger partial charge in [0.05, 0.1) is 0 Å². The molecular formula is C20H17NO. The SMILES string of the molecule is O=C(/C=C(/Nc1ccccc1)c1ccccc1)C1=CC=CC1. The van der Waals surface area contributed by atoms with E-state index in [0.29, 0.717) is 6.42 Å². The van der Waals surface area contributed by atoms with Gasteiger partial charge in [0.1, 0.15) is 0 Å². The summed E-state index contributed by atoms with van der Waals surface area (Å²) in [5.74, 6) is 0.0484. The van der Waals surface area contributed by atoms with Crippen molar-refractivity contribution in [3.05, 3.63) is 96.1 Å². The molecule has 0 radical (unpaired) electrons. The molecule has 0 fully saturated rings. The fraction of sp³-hybridized carbons (Fsp3) is 0.0500. The van der Waals surface area contributed by atoms with Crippen LogP contribution in [0.5, 0.6) is 0 Å². The van der Waals surface area contributed by atoms with Crippen LogP contribution in [0.4, 0.5) is 5.69 Å². The Hall–Kier alpha value is -2.87. The van der Waals surface area contributed by atoms with Crippen molar-refractivity contribution in [1.29, 1.82) is 0 Å². The Morgan fingerprint density at radius 3 is 2.27 bits per heavy atom. The summed E-state index contributed by atoms with van der Waals surface area (Å²) in [6.45, 7) is 0. The van der Waals surface area contributed by atoms with Crippen molar-refractivity contribution in [3.63, 3.8) is 0 Å². The van der Waals surface area contributed by atoms with Gasteiger partial charge in [-0.25, -0.2) is 0 Å². The molecule has 0 aliphatic heterocycles. The molecule has 22 heavy (non-hydrogen) atoms. The van der Waals surface area contributed by atoms with Gasteiger partial charge in [0.15, 0.2) is 5.78 Å². The first-order chi connectivity index (χ1) is 10.8. The van der Waals surface area contributed by atoms with Crippen LogP contribution < -0.4 is 5.32 Å². The summed E-state index contributed by atoms with van der Waals surface area (Å²) in [7, 11) is 0. The average molecular weight is 287 g/mol. The Morgan fingerprint density at radius 2 is 1.64 bits per heavy atom. The number of anilines is 1. The average Bonchev–Trinajstić information content (AvgIpc) is 3.11. The maximum absolute atomic E-state index is 12.4. The monoisotopic (exact) mass is 287 g/mol. The highest BCUT2D eigenvalue weighted by Crippen LogP contribution is 2.20. The molecular weight excluding hydrogens is 270 g/mol. The third kappa shape index (κ3) is 3.41. The number of carbonyl (C=O) groups is 1. The van der Waals surface area contributed by atoms with Gasteiger partial charge < -0.3 is 5.32 Å². The van der Waals surface area contributed by atoms with E-state index in [0.717, 1.165) is 22.5 Å². The molecule has 1 N–H and O–H groups in total. The lowest BCUT2D eigenvalue weighted by Gasteiger charge is -2.11. The summed E-state index contributed by atoms with van der Waals surface area (Å²) in [6.07, 6.45) is 8.19. The van der Waals surface area contributed by atoms with E-state index in [1.807, 2.05) is 78.9 Å². The van der Waals surface area contributed by atoms with Crippen molar-refractivity contribution in [2.75, 3.05) is 5.32 Å². The van der Waals surface area contributed by atoms with Gasteiger partial charge in [-0.3, -0.25) is 4.79 Å². The molecule has 0 saturated heterocycles. The van der Waals surface area contributed by atoms with Crippen LogP contribution in [0.3, 0.4) is 0 Å². The third-order valence-corrected chi connectivity index (χ3v) is 3.50. The van der Waals surface area contributed by atoms with E-state index in [-0.39, 0.29) is 5.78 Å². The van der Waals surface area contributed by atoms with Crippen molar-refractivity contribution < 1.29 is 4.79 Å². The molecule has 1 aliphatic carbocycles. The van der Waals surface area contributed by atoms with Crippen LogP contribution in [-0.4, -0.2) is 5.78 Å². The Kier molecular flexibility index (Phi) is 4.30. The number of hydrogen-bond donors (Lipinski definition) is 1. The van der Waals surface area contributed by atoms with Gasteiger partial charge in [-0.2, -0.15) is 0 Å². The molecule has 0 saturated carbocycles. The van der Waals surface area contributed by atoms with E-state index in [4.69, 9.17) is 0 Å². The van der Waals surface area contributed by atoms with Crippen LogP contribution in [-0.2, 0) is 4.79 Å². The summed E-state index contributed by atoms with van der Waals surface area (Å²) < 4.78 is 0. The summed E-state index contributed by atoms with van der Waals surface area (Å²) >= 11 is 0. The largest absolute Gasteiger partial charge is 0.355 e. The molecule has 3 rings (SSSR count). The molecule has 0 aromatic heterocycles. The van der Waals surface area contributed by atoms with Crippen LogP contribution in [0.1, 0.15) is 12.0 Å². The molecule has 108 valence electrons. The lowest BCUT2D eigenvalue weighted by atomic mass is 10.1. The molecule has 0 atom stereocenters. The van der Waals surface area contributed by atoms with Gasteiger partial charge in [0, 0.05) is 23.0 Å². The van der Waals surface area contributed by atoms with Gasteiger partial charge in [-0.05, 0) is 24.1 Å². The van der Waals surface area contributed by atoms with Gasteiger partial charge >= 0.3 is 0 Å². The van der Waals surface area contributed by atoms with E-state index >= 15 is 0 Å². The molecule has 0 amide bonds. The van der Waals surface area contributed by atoms with Crippen molar-refractivity contribution >= 4 is 17.2 Å². The number of benzene rings is 2. The van der Waals surface area contributed by atoms with Gasteiger partial charge in [-0.15, -0.1) is 0 Å². The first kappa shape index (κ1) is 14.1. The summed E-state index contributed by atoms with van der Waals surface area (Å²) in [6, 6.07) is 19.8. The number of hydrogen-bond acceptors (Lipinski definition) is 2. The zero-order valence-corrected chi connectivity index (χ0v) is 12.2. The minimum Gasteiger partial charge on any atom is -0.355 e. The zero-order valence-electron chi connectivity index (χ0n) is 12.2. The second-order valence-electron chi connectivity index (χ2n) is 5.10. The molecule has 0 bridgehead atoms. The van der Waals surface area contributed by atoms with E-state index in [1.54, 1.807) is 6.08 Å². The van der Waals surface area contributed by atoms with Crippen LogP contribution >= 0.6 is 0 Å². The second-order valence-corrected chi connectivity index (χ2v) is 5.10. The lowest BCUT2D eigenvalue weighted by Crippen LogP contribution is -2.04. The Balaban J connectivity index is 1.91. The van der Waals surface area contributed by atoms with E-state index in [1.165, 1.54) is 0 Å². The lowest BCUT2D eigenvalue weighted by molar-refractivity contribution is -0.111. The van der Waals surface area contributed by atoms with Gasteiger partial charge in [0.2, 0.25) is 0 Å². The number of ketones is 1. The van der Waals surface area contributed by atoms with Gasteiger partial charge in [-0.1, -0.05) is 66.8 Å². The van der Waals surface area contributed by atoms with Gasteiger partial charge in [0.25, 0.3) is 0 Å². The molecule has 2 nitrogen and oxygen atoms in total. The standard InChI is InChI=1S/C20H17NO/c22-20(17-11-7-8-12-17)15-19(16-9-3-1-4-10-16)21-18-13-5-2-6-14-18/h1-11,13-15,21H,12H2/b19-15+. The minimum absolute atomic E-state index is 0.0484. The zero-order chi connectivity index (χ0) is 15.2. The second kappa shape index (κ2) is 6.72. The first-order valence-electron chi connectivity index (χ1n) is 7.32. The molecule has 0 unspecified atom stereocenters. The molecule has 1 aliphatic rings. The Labute approximate surface area is 130 Å². The topological polar surface area (TPSA) is 29.1 Å². The normalized spacial score (nSPS) is 13.8. The predicted octanol–water partition coefficient (Wildman–Crippen LogP) is 4.60. The predicted molar refractivity (Wildman–Crippen MR) is 91.3 cm³/mol. The molecule has 2 aromatic carbocycles. The van der Waals surface area contributed by atoms with E-state index in [9.17, 15) is 4.79 Å². The number of allylic oxidation sites excluding steroid dienone is 5. The fourth-order valence-electron chi connectivity index (χ4n) is 2.34. The number of para-hydroxylation sites is 1. The highest BCUT2D eigenvalue weighted by Gasteiger charge is 2.10. The van der Waals surface area contributed by atoms with Crippen LogP contribution in [0.15, 0.2) is 90.5 Å². The van der Waals surface area contributed by atoms with Crippen molar-refractivity contribution in [2.45, 2.75) is 6.42 Å². The highest BCUT2D eigenvalue weighted by molar-refractivity contribution is 6.09. The molecule has 0 heterocycles. The highest BCUT2D eigenvalue weighted by atomic mass is 16.1. The number of carbonyl (C=O) groups excluding carboxylic acids is 1. The van der Waals surface area contributed by atoms with Crippen LogP contribution in [0.25, 0.3) is 5.70 Å². The van der Waals surface area contributed by atoms with Crippen LogP contribution in [0, 0.1) is 0 Å². The Bertz CT molecular complexity index is 740.